The van der Waals surface area contributed by atoms with E-state index in [1.54, 1.807) is 13.3 Å². The van der Waals surface area contributed by atoms with Crippen molar-refractivity contribution >= 4 is 28.4 Å². The van der Waals surface area contributed by atoms with Crippen molar-refractivity contribution in [3.05, 3.63) is 48.9 Å². The molecule has 0 spiro atoms. The summed E-state index contributed by atoms with van der Waals surface area (Å²) in [6.45, 7) is 3.17. The maximum absolute atomic E-state index is 12.9. The van der Waals surface area contributed by atoms with Crippen LogP contribution in [0.3, 0.4) is 0 Å². The van der Waals surface area contributed by atoms with Gasteiger partial charge in [0.1, 0.15) is 23.8 Å². The Labute approximate surface area is 169 Å². The van der Waals surface area contributed by atoms with Crippen LogP contribution in [0, 0.1) is 0 Å². The fourth-order valence-electron chi connectivity index (χ4n) is 3.81. The molecule has 1 aliphatic rings. The van der Waals surface area contributed by atoms with Crippen LogP contribution in [-0.2, 0) is 4.79 Å². The van der Waals surface area contributed by atoms with Crippen LogP contribution in [0.4, 0.5) is 11.5 Å². The molecule has 0 radical (unpaired) electrons. The molecule has 3 atom stereocenters. The molecular weight excluding hydrogens is 368 g/mol. The van der Waals surface area contributed by atoms with Crippen LogP contribution in [0.2, 0.25) is 0 Å². The number of para-hydroxylation sites is 1. The Morgan fingerprint density at radius 3 is 2.90 bits per heavy atom. The topological polar surface area (TPSA) is 106 Å². The van der Waals surface area contributed by atoms with Gasteiger partial charge in [-0.1, -0.05) is 18.2 Å². The van der Waals surface area contributed by atoms with Crippen LogP contribution in [0.15, 0.2) is 48.9 Å². The molecule has 8 nitrogen and oxygen atoms in total. The van der Waals surface area contributed by atoms with Gasteiger partial charge in [0, 0.05) is 31.0 Å². The Hall–Kier alpha value is -3.13. The highest BCUT2D eigenvalue weighted by Gasteiger charge is 2.29. The van der Waals surface area contributed by atoms with E-state index in [-0.39, 0.29) is 11.9 Å². The molecule has 0 bridgehead atoms. The first-order valence-electron chi connectivity index (χ1n) is 9.95. The molecule has 4 rings (SSSR count). The molecular formula is C21H26N6O2. The third kappa shape index (κ3) is 4.32. The summed E-state index contributed by atoms with van der Waals surface area (Å²) in [5, 5.41) is 17.4. The number of hydrogen-bond acceptors (Lipinski definition) is 6. The number of carbonyl (C=O) groups is 1. The van der Waals surface area contributed by atoms with Crippen LogP contribution >= 0.6 is 0 Å². The number of aromatic amines is 1. The third-order valence-corrected chi connectivity index (χ3v) is 5.26. The molecule has 1 fully saturated rings. The molecule has 1 aromatic carbocycles. The van der Waals surface area contributed by atoms with Gasteiger partial charge < -0.3 is 25.6 Å². The quantitative estimate of drug-likeness (QED) is 0.509. The standard InChI is InChI=1S/C21H26N6O2/c1-14(28)18(25-15-6-3-2-4-7-15)21(29)26-16-8-5-11-27(12-16)20-17-9-10-22-19(17)23-13-24-20/h2-4,6-7,9-10,13-14,16,18,25,28H,5,8,11-12H2,1H3,(H,26,29)(H,22,23,24). The first-order valence-corrected chi connectivity index (χ1v) is 9.95. The molecule has 3 heterocycles. The molecule has 8 heteroatoms. The van der Waals surface area contributed by atoms with Gasteiger partial charge in [0.25, 0.3) is 0 Å². The Balaban J connectivity index is 1.44. The van der Waals surface area contributed by atoms with Crippen LogP contribution < -0.4 is 15.5 Å². The second kappa shape index (κ2) is 8.48. The summed E-state index contributed by atoms with van der Waals surface area (Å²) in [6, 6.07) is 10.7. The maximum atomic E-state index is 12.9. The second-order valence-electron chi connectivity index (χ2n) is 7.46. The minimum Gasteiger partial charge on any atom is -0.391 e. The average Bonchev–Trinajstić information content (AvgIpc) is 3.21. The monoisotopic (exact) mass is 394 g/mol. The summed E-state index contributed by atoms with van der Waals surface area (Å²) in [5.41, 5.74) is 1.61. The predicted octanol–water partition coefficient (Wildman–Crippen LogP) is 1.90. The van der Waals surface area contributed by atoms with Crippen molar-refractivity contribution < 1.29 is 9.90 Å². The van der Waals surface area contributed by atoms with E-state index in [1.807, 2.05) is 42.6 Å². The first-order chi connectivity index (χ1) is 14.1. The van der Waals surface area contributed by atoms with Crippen molar-refractivity contribution in [1.82, 2.24) is 20.3 Å². The number of aliphatic hydroxyl groups excluding tert-OH is 1. The van der Waals surface area contributed by atoms with Gasteiger partial charge in [0.05, 0.1) is 11.5 Å². The van der Waals surface area contributed by atoms with E-state index in [9.17, 15) is 9.90 Å². The number of aliphatic hydroxyl groups is 1. The van der Waals surface area contributed by atoms with E-state index < -0.39 is 12.1 Å². The minimum absolute atomic E-state index is 0.0148. The van der Waals surface area contributed by atoms with Crippen molar-refractivity contribution in [2.24, 2.45) is 0 Å². The first kappa shape index (κ1) is 19.2. The molecule has 4 N–H and O–H groups in total. The average molecular weight is 394 g/mol. The Morgan fingerprint density at radius 1 is 1.28 bits per heavy atom. The Bertz CT molecular complexity index is 958. The highest BCUT2D eigenvalue weighted by atomic mass is 16.3. The number of hydrogen-bond donors (Lipinski definition) is 4. The van der Waals surface area contributed by atoms with Crippen LogP contribution in [0.25, 0.3) is 11.0 Å². The van der Waals surface area contributed by atoms with Crippen molar-refractivity contribution in [3.8, 4) is 0 Å². The molecule has 3 aromatic rings. The summed E-state index contributed by atoms with van der Waals surface area (Å²) >= 11 is 0. The Morgan fingerprint density at radius 2 is 2.10 bits per heavy atom. The summed E-state index contributed by atoms with van der Waals surface area (Å²) in [7, 11) is 0. The number of benzene rings is 1. The van der Waals surface area contributed by atoms with E-state index in [2.05, 4.69) is 30.5 Å². The van der Waals surface area contributed by atoms with Crippen LogP contribution in [0.5, 0.6) is 0 Å². The zero-order valence-electron chi connectivity index (χ0n) is 16.4. The molecule has 1 amide bonds. The van der Waals surface area contributed by atoms with E-state index in [0.29, 0.717) is 6.54 Å². The largest absolute Gasteiger partial charge is 0.391 e. The van der Waals surface area contributed by atoms with E-state index in [0.717, 1.165) is 41.9 Å². The highest BCUT2D eigenvalue weighted by Crippen LogP contribution is 2.25. The second-order valence-corrected chi connectivity index (χ2v) is 7.46. The number of rotatable bonds is 6. The van der Waals surface area contributed by atoms with Crippen molar-refractivity contribution in [1.29, 1.82) is 0 Å². The smallest absolute Gasteiger partial charge is 0.245 e. The Kier molecular flexibility index (Phi) is 5.62. The lowest BCUT2D eigenvalue weighted by Gasteiger charge is -2.35. The van der Waals surface area contributed by atoms with Crippen LogP contribution in [-0.4, -0.2) is 57.2 Å². The fraction of sp³-hybridized carbons (Fsp3) is 0.381. The lowest BCUT2D eigenvalue weighted by atomic mass is 10.0. The molecule has 0 aliphatic carbocycles. The number of anilines is 2. The molecule has 2 aromatic heterocycles. The van der Waals surface area contributed by atoms with Gasteiger partial charge in [0.15, 0.2) is 0 Å². The summed E-state index contributed by atoms with van der Waals surface area (Å²) < 4.78 is 0. The van der Waals surface area contributed by atoms with Gasteiger partial charge in [-0.15, -0.1) is 0 Å². The zero-order chi connectivity index (χ0) is 20.2. The number of H-pyrrole nitrogens is 1. The fourth-order valence-corrected chi connectivity index (χ4v) is 3.81. The third-order valence-electron chi connectivity index (χ3n) is 5.26. The highest BCUT2D eigenvalue weighted by molar-refractivity contribution is 5.88. The number of fused-ring (bicyclic) bond motifs is 1. The lowest BCUT2D eigenvalue weighted by Crippen LogP contribution is -2.54. The maximum Gasteiger partial charge on any atom is 0.245 e. The molecule has 3 unspecified atom stereocenters. The number of aromatic nitrogens is 3. The van der Waals surface area contributed by atoms with E-state index >= 15 is 0 Å². The van der Waals surface area contributed by atoms with Gasteiger partial charge in [-0.3, -0.25) is 4.79 Å². The lowest BCUT2D eigenvalue weighted by molar-refractivity contribution is -0.124. The van der Waals surface area contributed by atoms with Gasteiger partial charge >= 0.3 is 0 Å². The molecule has 29 heavy (non-hydrogen) atoms. The van der Waals surface area contributed by atoms with Gasteiger partial charge in [-0.2, -0.15) is 0 Å². The van der Waals surface area contributed by atoms with Crippen molar-refractivity contribution in [2.45, 2.75) is 38.0 Å². The molecule has 1 saturated heterocycles. The van der Waals surface area contributed by atoms with Crippen molar-refractivity contribution in [3.63, 3.8) is 0 Å². The molecule has 0 saturated carbocycles. The van der Waals surface area contributed by atoms with Gasteiger partial charge in [-0.25, -0.2) is 9.97 Å². The number of piperidine rings is 1. The predicted molar refractivity (Wildman–Crippen MR) is 113 cm³/mol. The van der Waals surface area contributed by atoms with Crippen molar-refractivity contribution in [2.75, 3.05) is 23.3 Å². The van der Waals surface area contributed by atoms with Crippen LogP contribution in [0.1, 0.15) is 19.8 Å². The number of amides is 1. The summed E-state index contributed by atoms with van der Waals surface area (Å²) in [6.07, 6.45) is 4.43. The van der Waals surface area contributed by atoms with Gasteiger partial charge in [-0.05, 0) is 38.0 Å². The zero-order valence-corrected chi connectivity index (χ0v) is 16.4. The SMILES string of the molecule is CC(O)C(Nc1ccccc1)C(=O)NC1CCCN(c2ncnc3[nH]ccc23)C1. The number of nitrogens with one attached hydrogen (secondary N) is 3. The number of carbonyl (C=O) groups excluding carboxylic acids is 1. The molecule has 152 valence electrons. The molecule has 1 aliphatic heterocycles. The van der Waals surface area contributed by atoms with Gasteiger partial charge in [0.2, 0.25) is 5.91 Å². The summed E-state index contributed by atoms with van der Waals surface area (Å²) in [4.78, 5) is 26.9. The number of nitrogens with zero attached hydrogens (tertiary/aromatic N) is 3. The van der Waals surface area contributed by atoms with E-state index in [4.69, 9.17) is 0 Å². The normalized spacial score (nSPS) is 19.0. The minimum atomic E-state index is -0.823. The summed E-state index contributed by atoms with van der Waals surface area (Å²) in [5.74, 6) is 0.676. The van der Waals surface area contributed by atoms with E-state index in [1.165, 1.54) is 0 Å².